The van der Waals surface area contributed by atoms with E-state index in [0.29, 0.717) is 32.8 Å². The van der Waals surface area contributed by atoms with Crippen molar-refractivity contribution in [1.29, 1.82) is 0 Å². The Morgan fingerprint density at radius 2 is 1.88 bits per heavy atom. The van der Waals surface area contributed by atoms with Crippen LogP contribution in [0, 0.1) is 12.7 Å². The molecule has 0 aliphatic carbocycles. The summed E-state index contributed by atoms with van der Waals surface area (Å²) in [5.41, 5.74) is 1.99. The zero-order valence-electron chi connectivity index (χ0n) is 15.7. The van der Waals surface area contributed by atoms with Crippen LogP contribution in [-0.4, -0.2) is 49.0 Å². The van der Waals surface area contributed by atoms with Crippen LogP contribution >= 0.6 is 0 Å². The normalized spacial score (nSPS) is 10.8. The van der Waals surface area contributed by atoms with Gasteiger partial charge in [-0.15, -0.1) is 0 Å². The maximum Gasteiger partial charge on any atom is 0.237 e. The summed E-state index contributed by atoms with van der Waals surface area (Å²) in [5.74, 6) is 0.572. The van der Waals surface area contributed by atoms with E-state index in [1.165, 1.54) is 17.7 Å². The summed E-state index contributed by atoms with van der Waals surface area (Å²) in [5, 5.41) is 0. The van der Waals surface area contributed by atoms with Gasteiger partial charge in [-0.25, -0.2) is 4.39 Å². The Hall–Kier alpha value is -2.40. The summed E-state index contributed by atoms with van der Waals surface area (Å²) in [6, 6.07) is 14.3. The lowest BCUT2D eigenvalue weighted by Gasteiger charge is -2.24. The summed E-state index contributed by atoms with van der Waals surface area (Å²) >= 11 is 0. The van der Waals surface area contributed by atoms with Gasteiger partial charge in [0.1, 0.15) is 18.2 Å². The zero-order valence-corrected chi connectivity index (χ0v) is 15.7. The fourth-order valence-electron chi connectivity index (χ4n) is 2.60. The Kier molecular flexibility index (Phi) is 7.60. The van der Waals surface area contributed by atoms with E-state index < -0.39 is 0 Å². The third kappa shape index (κ3) is 6.48. The molecule has 0 radical (unpaired) electrons. The molecule has 0 heterocycles. The number of likely N-dealkylation sites (N-methyl/N-ethyl adjacent to an activating group) is 2. The third-order valence-electron chi connectivity index (χ3n) is 4.16. The van der Waals surface area contributed by atoms with Crippen molar-refractivity contribution in [2.24, 2.45) is 0 Å². The van der Waals surface area contributed by atoms with Crippen LogP contribution in [0.5, 0.6) is 5.75 Å². The number of ether oxygens (including phenoxy) is 1. The molecular formula is C21H27FN2O2. The quantitative estimate of drug-likeness (QED) is 0.688. The first-order valence-corrected chi connectivity index (χ1v) is 8.88. The lowest BCUT2D eigenvalue weighted by atomic mass is 10.2. The number of amides is 1. The molecule has 4 nitrogen and oxygen atoms in total. The Bertz CT molecular complexity index is 703. The summed E-state index contributed by atoms with van der Waals surface area (Å²) in [6.45, 7) is 6.44. The summed E-state index contributed by atoms with van der Waals surface area (Å²) in [7, 11) is 1.90. The molecular weight excluding hydrogens is 331 g/mol. The highest BCUT2D eigenvalue weighted by molar-refractivity contribution is 5.78. The van der Waals surface area contributed by atoms with Gasteiger partial charge in [-0.2, -0.15) is 0 Å². The van der Waals surface area contributed by atoms with Crippen LogP contribution in [-0.2, 0) is 11.3 Å². The van der Waals surface area contributed by atoms with E-state index in [2.05, 4.69) is 0 Å². The molecule has 0 aliphatic rings. The number of aryl methyl sites for hydroxylation is 1. The first-order chi connectivity index (χ1) is 12.5. The van der Waals surface area contributed by atoms with Gasteiger partial charge in [-0.1, -0.05) is 29.8 Å². The van der Waals surface area contributed by atoms with Crippen molar-refractivity contribution < 1.29 is 13.9 Å². The Morgan fingerprint density at radius 3 is 2.54 bits per heavy atom. The second-order valence-corrected chi connectivity index (χ2v) is 6.44. The van der Waals surface area contributed by atoms with Gasteiger partial charge in [-0.3, -0.25) is 9.69 Å². The SMILES string of the molecule is CCN(Cc1cccc(F)c1)C(=O)CN(C)CCOc1ccc(C)cc1. The highest BCUT2D eigenvalue weighted by Crippen LogP contribution is 2.11. The number of rotatable bonds is 9. The number of hydrogen-bond donors (Lipinski definition) is 0. The minimum atomic E-state index is -0.281. The molecule has 2 rings (SSSR count). The number of carbonyl (C=O) groups excluding carboxylic acids is 1. The second kappa shape index (κ2) is 9.92. The fraction of sp³-hybridized carbons (Fsp3) is 0.381. The molecule has 140 valence electrons. The van der Waals surface area contributed by atoms with Crippen LogP contribution in [0.4, 0.5) is 4.39 Å². The van der Waals surface area contributed by atoms with E-state index in [1.54, 1.807) is 11.0 Å². The van der Waals surface area contributed by atoms with Gasteiger partial charge in [0.15, 0.2) is 0 Å². The number of halogens is 1. The smallest absolute Gasteiger partial charge is 0.237 e. The Labute approximate surface area is 155 Å². The first kappa shape index (κ1) is 19.9. The van der Waals surface area contributed by atoms with E-state index in [1.807, 2.05) is 56.1 Å². The molecule has 0 saturated heterocycles. The van der Waals surface area contributed by atoms with Gasteiger partial charge in [-0.05, 0) is 50.7 Å². The predicted octanol–water partition coefficient (Wildman–Crippen LogP) is 3.49. The molecule has 0 atom stereocenters. The summed E-state index contributed by atoms with van der Waals surface area (Å²) in [6.07, 6.45) is 0. The van der Waals surface area contributed by atoms with Gasteiger partial charge in [0.2, 0.25) is 5.91 Å². The standard InChI is InChI=1S/C21H27FN2O2/c1-4-24(15-18-6-5-7-19(22)14-18)21(25)16-23(3)12-13-26-20-10-8-17(2)9-11-20/h5-11,14H,4,12-13,15-16H2,1-3H3. The zero-order chi connectivity index (χ0) is 18.9. The molecule has 2 aromatic rings. The van der Waals surface area contributed by atoms with Gasteiger partial charge in [0.25, 0.3) is 0 Å². The van der Waals surface area contributed by atoms with Gasteiger partial charge < -0.3 is 9.64 Å². The summed E-state index contributed by atoms with van der Waals surface area (Å²) < 4.78 is 19.0. The minimum absolute atomic E-state index is 0.0228. The van der Waals surface area contributed by atoms with Crippen LogP contribution in [0.2, 0.25) is 0 Å². The average molecular weight is 358 g/mol. The molecule has 0 N–H and O–H groups in total. The number of benzene rings is 2. The molecule has 0 aliphatic heterocycles. The summed E-state index contributed by atoms with van der Waals surface area (Å²) in [4.78, 5) is 16.2. The molecule has 0 aromatic heterocycles. The van der Waals surface area contributed by atoms with Crippen molar-refractivity contribution in [3.05, 3.63) is 65.5 Å². The highest BCUT2D eigenvalue weighted by Gasteiger charge is 2.14. The highest BCUT2D eigenvalue weighted by atomic mass is 19.1. The van der Waals surface area contributed by atoms with E-state index in [9.17, 15) is 9.18 Å². The van der Waals surface area contributed by atoms with Crippen molar-refractivity contribution in [3.8, 4) is 5.75 Å². The maximum atomic E-state index is 13.3. The van der Waals surface area contributed by atoms with Crippen molar-refractivity contribution in [1.82, 2.24) is 9.80 Å². The monoisotopic (exact) mass is 358 g/mol. The van der Waals surface area contributed by atoms with Gasteiger partial charge in [0, 0.05) is 19.6 Å². The second-order valence-electron chi connectivity index (χ2n) is 6.44. The van der Waals surface area contributed by atoms with E-state index in [4.69, 9.17) is 4.74 Å². The molecule has 2 aromatic carbocycles. The van der Waals surface area contributed by atoms with Crippen molar-refractivity contribution in [2.75, 3.05) is 33.3 Å². The third-order valence-corrected chi connectivity index (χ3v) is 4.16. The van der Waals surface area contributed by atoms with E-state index >= 15 is 0 Å². The predicted molar refractivity (Wildman–Crippen MR) is 102 cm³/mol. The van der Waals surface area contributed by atoms with Crippen LogP contribution in [0.3, 0.4) is 0 Å². The molecule has 1 amide bonds. The molecule has 5 heteroatoms. The molecule has 0 fully saturated rings. The lowest BCUT2D eigenvalue weighted by molar-refractivity contribution is -0.132. The van der Waals surface area contributed by atoms with Crippen LogP contribution < -0.4 is 4.74 Å². The number of nitrogens with zero attached hydrogens (tertiary/aromatic N) is 2. The maximum absolute atomic E-state index is 13.3. The Balaban J connectivity index is 1.77. The lowest BCUT2D eigenvalue weighted by Crippen LogP contribution is -2.39. The number of carbonyl (C=O) groups is 1. The first-order valence-electron chi connectivity index (χ1n) is 8.88. The van der Waals surface area contributed by atoms with E-state index in [0.717, 1.165) is 11.3 Å². The molecule has 26 heavy (non-hydrogen) atoms. The van der Waals surface area contributed by atoms with Gasteiger partial charge >= 0.3 is 0 Å². The topological polar surface area (TPSA) is 32.8 Å². The van der Waals surface area contributed by atoms with Crippen molar-refractivity contribution in [2.45, 2.75) is 20.4 Å². The molecule has 0 saturated carbocycles. The minimum Gasteiger partial charge on any atom is -0.492 e. The molecule has 0 bridgehead atoms. The van der Waals surface area contributed by atoms with Crippen molar-refractivity contribution in [3.63, 3.8) is 0 Å². The molecule has 0 unspecified atom stereocenters. The van der Waals surface area contributed by atoms with Crippen molar-refractivity contribution >= 4 is 5.91 Å². The largest absolute Gasteiger partial charge is 0.492 e. The average Bonchev–Trinajstić information content (AvgIpc) is 2.61. The number of hydrogen-bond acceptors (Lipinski definition) is 3. The van der Waals surface area contributed by atoms with Crippen LogP contribution in [0.25, 0.3) is 0 Å². The fourth-order valence-corrected chi connectivity index (χ4v) is 2.60. The molecule has 0 spiro atoms. The van der Waals surface area contributed by atoms with E-state index in [-0.39, 0.29) is 11.7 Å². The van der Waals surface area contributed by atoms with Crippen LogP contribution in [0.1, 0.15) is 18.1 Å². The Morgan fingerprint density at radius 1 is 1.15 bits per heavy atom. The van der Waals surface area contributed by atoms with Crippen LogP contribution in [0.15, 0.2) is 48.5 Å². The van der Waals surface area contributed by atoms with Gasteiger partial charge in [0.05, 0.1) is 6.54 Å².